The summed E-state index contributed by atoms with van der Waals surface area (Å²) in [7, 11) is 1.23. The molecular formula is C34H65N2O6P. The number of phosphoric ester groups is 1. The highest BCUT2D eigenvalue weighted by molar-refractivity contribution is 7.45. The highest BCUT2D eigenvalue weighted by Gasteiger charge is 2.23. The van der Waals surface area contributed by atoms with Gasteiger partial charge >= 0.3 is 0 Å². The van der Waals surface area contributed by atoms with E-state index in [2.05, 4.69) is 43.5 Å². The third kappa shape index (κ3) is 29.2. The fourth-order valence-corrected chi connectivity index (χ4v) is 5.03. The lowest BCUT2D eigenvalue weighted by molar-refractivity contribution is -0.870. The topological polar surface area (TPSA) is 108 Å². The van der Waals surface area contributed by atoms with Gasteiger partial charge < -0.3 is 28.8 Å². The predicted octanol–water partition coefficient (Wildman–Crippen LogP) is 7.38. The first-order valence-corrected chi connectivity index (χ1v) is 18.3. The molecule has 9 heteroatoms. The van der Waals surface area contributed by atoms with Crippen LogP contribution in [0.1, 0.15) is 123 Å². The van der Waals surface area contributed by atoms with Crippen molar-refractivity contribution in [1.29, 1.82) is 0 Å². The molecule has 3 atom stereocenters. The number of unbranched alkanes of at least 4 members (excludes halogenated alkanes) is 12. The first kappa shape index (κ1) is 41.7. The molecule has 0 saturated heterocycles. The van der Waals surface area contributed by atoms with E-state index in [4.69, 9.17) is 9.05 Å². The zero-order chi connectivity index (χ0) is 32.2. The molecule has 0 aliphatic carbocycles. The fourth-order valence-electron chi connectivity index (χ4n) is 4.31. The third-order valence-corrected chi connectivity index (χ3v) is 8.03. The van der Waals surface area contributed by atoms with Crippen LogP contribution in [0.3, 0.4) is 0 Å². The largest absolute Gasteiger partial charge is 0.756 e. The summed E-state index contributed by atoms with van der Waals surface area (Å²) in [6, 6.07) is -0.901. The molecule has 0 radical (unpaired) electrons. The van der Waals surface area contributed by atoms with Crippen molar-refractivity contribution in [2.45, 2.75) is 135 Å². The van der Waals surface area contributed by atoms with E-state index in [0.29, 0.717) is 17.4 Å². The number of quaternary nitrogens is 1. The Kier molecular flexibility index (Phi) is 26.3. The average molecular weight is 629 g/mol. The van der Waals surface area contributed by atoms with Crippen molar-refractivity contribution >= 4 is 13.7 Å². The van der Waals surface area contributed by atoms with Gasteiger partial charge in [-0.15, -0.1) is 0 Å². The van der Waals surface area contributed by atoms with Crippen molar-refractivity contribution in [2.24, 2.45) is 0 Å². The van der Waals surface area contributed by atoms with E-state index in [-0.39, 0.29) is 12.5 Å². The summed E-state index contributed by atoms with van der Waals surface area (Å²) in [6.07, 6.45) is 29.1. The number of aliphatic hydroxyl groups is 1. The Hall–Kier alpha value is -1.28. The molecule has 0 rings (SSSR count). The van der Waals surface area contributed by atoms with Crippen molar-refractivity contribution in [3.63, 3.8) is 0 Å². The summed E-state index contributed by atoms with van der Waals surface area (Å²) in [5, 5.41) is 13.6. The molecule has 0 aliphatic heterocycles. The molecule has 1 amide bonds. The van der Waals surface area contributed by atoms with E-state index in [1.165, 1.54) is 51.4 Å². The molecule has 2 N–H and O–H groups in total. The van der Waals surface area contributed by atoms with Crippen LogP contribution in [-0.4, -0.2) is 68.5 Å². The number of hydrogen-bond donors (Lipinski definition) is 2. The van der Waals surface area contributed by atoms with Gasteiger partial charge in [-0.2, -0.15) is 0 Å². The van der Waals surface area contributed by atoms with Gasteiger partial charge in [0.2, 0.25) is 5.91 Å². The monoisotopic (exact) mass is 628 g/mol. The van der Waals surface area contributed by atoms with Crippen molar-refractivity contribution < 1.29 is 32.9 Å². The molecular weight excluding hydrogens is 563 g/mol. The highest BCUT2D eigenvalue weighted by Crippen LogP contribution is 2.38. The molecule has 0 aromatic rings. The van der Waals surface area contributed by atoms with Gasteiger partial charge in [0.1, 0.15) is 13.2 Å². The second-order valence-electron chi connectivity index (χ2n) is 12.5. The van der Waals surface area contributed by atoms with Gasteiger partial charge in [-0.25, -0.2) is 0 Å². The molecule has 0 heterocycles. The SMILES string of the molecule is CCC/C=C/CC/C=C/CC/C=C/C(O)C(COP(=O)([O-])OCC[N+](C)(C)C)NC(=O)CCCCCCCCCCCC. The van der Waals surface area contributed by atoms with Gasteiger partial charge in [-0.3, -0.25) is 9.36 Å². The molecule has 252 valence electrons. The number of aliphatic hydroxyl groups excluding tert-OH is 1. The van der Waals surface area contributed by atoms with Gasteiger partial charge in [0.05, 0.1) is 39.9 Å². The first-order valence-electron chi connectivity index (χ1n) is 16.9. The van der Waals surface area contributed by atoms with Crippen LogP contribution >= 0.6 is 7.82 Å². The fraction of sp³-hybridized carbons (Fsp3) is 0.794. The maximum atomic E-state index is 12.7. The molecule has 0 bridgehead atoms. The Morgan fingerprint density at radius 3 is 1.84 bits per heavy atom. The van der Waals surface area contributed by atoms with Gasteiger partial charge in [0, 0.05) is 6.42 Å². The minimum atomic E-state index is -4.58. The highest BCUT2D eigenvalue weighted by atomic mass is 31.2. The molecule has 0 fully saturated rings. The normalized spacial score (nSPS) is 15.4. The number of nitrogens with zero attached hydrogens (tertiary/aromatic N) is 1. The van der Waals surface area contributed by atoms with E-state index in [0.717, 1.165) is 51.4 Å². The predicted molar refractivity (Wildman–Crippen MR) is 178 cm³/mol. The number of carbonyl (C=O) groups is 1. The van der Waals surface area contributed by atoms with Gasteiger partial charge in [0.25, 0.3) is 7.82 Å². The molecule has 8 nitrogen and oxygen atoms in total. The number of rotatable bonds is 29. The number of phosphoric acid groups is 1. The third-order valence-electron chi connectivity index (χ3n) is 7.06. The Labute approximate surface area is 264 Å². The van der Waals surface area contributed by atoms with Crippen LogP contribution in [0.2, 0.25) is 0 Å². The zero-order valence-electron chi connectivity index (χ0n) is 28.1. The Bertz CT molecular complexity index is 809. The van der Waals surface area contributed by atoms with E-state index in [1.54, 1.807) is 6.08 Å². The summed E-state index contributed by atoms with van der Waals surface area (Å²) in [5.74, 6) is -0.219. The molecule has 3 unspecified atom stereocenters. The zero-order valence-corrected chi connectivity index (χ0v) is 29.0. The van der Waals surface area contributed by atoms with Gasteiger partial charge in [-0.1, -0.05) is 115 Å². The van der Waals surface area contributed by atoms with E-state index < -0.39 is 26.6 Å². The van der Waals surface area contributed by atoms with Crippen LogP contribution in [0.25, 0.3) is 0 Å². The first-order chi connectivity index (χ1) is 20.5. The Balaban J connectivity index is 4.71. The molecule has 0 aliphatic rings. The van der Waals surface area contributed by atoms with Crippen LogP contribution in [0.4, 0.5) is 0 Å². The molecule has 0 spiro atoms. The summed E-state index contributed by atoms with van der Waals surface area (Å²) in [5.41, 5.74) is 0. The number of carbonyl (C=O) groups excluding carboxylic acids is 1. The van der Waals surface area contributed by atoms with Crippen LogP contribution < -0.4 is 10.2 Å². The van der Waals surface area contributed by atoms with Crippen molar-refractivity contribution in [3.8, 4) is 0 Å². The van der Waals surface area contributed by atoms with Crippen LogP contribution in [0, 0.1) is 0 Å². The van der Waals surface area contributed by atoms with E-state index >= 15 is 0 Å². The van der Waals surface area contributed by atoms with Crippen LogP contribution in [0.15, 0.2) is 36.5 Å². The van der Waals surface area contributed by atoms with E-state index in [1.807, 2.05) is 27.2 Å². The second kappa shape index (κ2) is 27.1. The maximum Gasteiger partial charge on any atom is 0.268 e. The molecule has 0 aromatic heterocycles. The summed E-state index contributed by atoms with van der Waals surface area (Å²) in [4.78, 5) is 25.0. The number of hydrogen-bond acceptors (Lipinski definition) is 6. The number of likely N-dealkylation sites (N-methyl/N-ethyl adjacent to an activating group) is 1. The smallest absolute Gasteiger partial charge is 0.268 e. The molecule has 0 saturated carbocycles. The number of nitrogens with one attached hydrogen (secondary N) is 1. The average Bonchev–Trinajstić information content (AvgIpc) is 2.94. The summed E-state index contributed by atoms with van der Waals surface area (Å²) < 4.78 is 22.9. The molecule has 43 heavy (non-hydrogen) atoms. The lowest BCUT2D eigenvalue weighted by Gasteiger charge is -2.29. The second-order valence-corrected chi connectivity index (χ2v) is 13.9. The summed E-state index contributed by atoms with van der Waals surface area (Å²) in [6.45, 7) is 4.48. The van der Waals surface area contributed by atoms with Crippen molar-refractivity contribution in [3.05, 3.63) is 36.5 Å². The molecule has 0 aromatic carbocycles. The minimum absolute atomic E-state index is 0.00888. The summed E-state index contributed by atoms with van der Waals surface area (Å²) >= 11 is 0. The Morgan fingerprint density at radius 2 is 1.30 bits per heavy atom. The van der Waals surface area contributed by atoms with Crippen LogP contribution in [0.5, 0.6) is 0 Å². The van der Waals surface area contributed by atoms with Crippen molar-refractivity contribution in [2.75, 3.05) is 40.9 Å². The quantitative estimate of drug-likeness (QED) is 0.0387. The Morgan fingerprint density at radius 1 is 0.791 bits per heavy atom. The lowest BCUT2D eigenvalue weighted by Crippen LogP contribution is -2.45. The number of allylic oxidation sites excluding steroid dienone is 5. The minimum Gasteiger partial charge on any atom is -0.756 e. The van der Waals surface area contributed by atoms with E-state index in [9.17, 15) is 19.4 Å². The van der Waals surface area contributed by atoms with Gasteiger partial charge in [0.15, 0.2) is 0 Å². The number of amides is 1. The lowest BCUT2D eigenvalue weighted by atomic mass is 10.1. The standard InChI is InChI=1S/C34H65N2O6P/c1-6-8-10-12-14-16-18-19-21-23-25-27-33(37)32(31-42-43(39,40)41-30-29-36(3,4)5)35-34(38)28-26-24-22-20-17-15-13-11-9-7-2/h10,12,18-19,25,27,32-33,37H,6-9,11,13-17,20-24,26,28-31H2,1-5H3,(H-,35,38,39,40)/b12-10+,19-18+,27-25+. The van der Waals surface area contributed by atoms with Crippen molar-refractivity contribution in [1.82, 2.24) is 5.32 Å². The maximum absolute atomic E-state index is 12.7. The van der Waals surface area contributed by atoms with Crippen LogP contribution in [-0.2, 0) is 18.4 Å². The van der Waals surface area contributed by atoms with Gasteiger partial charge in [-0.05, 0) is 38.5 Å².